The molecule has 1 unspecified atom stereocenters. The summed E-state index contributed by atoms with van der Waals surface area (Å²) in [6.45, 7) is 7.72. The van der Waals surface area contributed by atoms with Crippen molar-refractivity contribution in [1.29, 1.82) is 0 Å². The number of hydrogen-bond acceptors (Lipinski definition) is 11. The molecule has 0 aliphatic carbocycles. The molecule has 0 bridgehead atoms. The van der Waals surface area contributed by atoms with E-state index < -0.39 is 84.9 Å². The lowest BCUT2D eigenvalue weighted by molar-refractivity contribution is -0.269. The van der Waals surface area contributed by atoms with Gasteiger partial charge in [-0.25, -0.2) is 0 Å². The maximum atomic E-state index is 13.4. The zero-order chi connectivity index (χ0) is 40.6. The van der Waals surface area contributed by atoms with Crippen LogP contribution in [0, 0.1) is 5.92 Å². The van der Waals surface area contributed by atoms with Crippen molar-refractivity contribution in [3.05, 3.63) is 0 Å². The third-order valence-electron chi connectivity index (χ3n) is 9.92. The molecule has 314 valence electrons. The summed E-state index contributed by atoms with van der Waals surface area (Å²) in [4.78, 5) is 62.8. The molecule has 1 heterocycles. The molecule has 1 saturated heterocycles. The number of hydrogen-bond donors (Lipinski definition) is 6. The molecule has 0 saturated carbocycles. The van der Waals surface area contributed by atoms with E-state index in [1.807, 2.05) is 0 Å². The van der Waals surface area contributed by atoms with Crippen molar-refractivity contribution in [2.75, 3.05) is 13.2 Å². The second-order valence-corrected chi connectivity index (χ2v) is 15.2. The Kier molecular flexibility index (Phi) is 25.2. The Labute approximate surface area is 322 Å². The number of carboxylic acids is 1. The first-order valence-corrected chi connectivity index (χ1v) is 20.3. The summed E-state index contributed by atoms with van der Waals surface area (Å²) in [6, 6.07) is -3.62. The smallest absolute Gasteiger partial charge is 0.305 e. The number of ether oxygens (including phenoxy) is 3. The van der Waals surface area contributed by atoms with Gasteiger partial charge in [0.2, 0.25) is 17.7 Å². The fourth-order valence-corrected chi connectivity index (χ4v) is 6.66. The second kappa shape index (κ2) is 27.7. The number of nitrogens with zero attached hydrogens (tertiary/aromatic N) is 1. The highest BCUT2D eigenvalue weighted by Crippen LogP contribution is 2.25. The molecule has 1 aliphatic rings. The van der Waals surface area contributed by atoms with Crippen molar-refractivity contribution in [3.8, 4) is 0 Å². The van der Waals surface area contributed by atoms with Gasteiger partial charge in [-0.2, -0.15) is 0 Å². The number of unbranched alkanes of at least 4 members (excludes halogenated alkanes) is 14. The van der Waals surface area contributed by atoms with Crippen LogP contribution in [0.5, 0.6) is 0 Å². The summed E-state index contributed by atoms with van der Waals surface area (Å²) < 4.78 is 17.0. The van der Waals surface area contributed by atoms with E-state index in [1.165, 1.54) is 84.5 Å². The molecule has 1 fully saturated rings. The van der Waals surface area contributed by atoms with Crippen molar-refractivity contribution in [2.45, 2.75) is 199 Å². The summed E-state index contributed by atoms with van der Waals surface area (Å²) in [6.07, 6.45) is 10.9. The van der Waals surface area contributed by atoms with E-state index in [0.29, 0.717) is 6.42 Å². The quantitative estimate of drug-likeness (QED) is 0.0453. The van der Waals surface area contributed by atoms with Gasteiger partial charge in [0, 0.05) is 26.3 Å². The first-order chi connectivity index (χ1) is 25.6. The van der Waals surface area contributed by atoms with Crippen LogP contribution in [0.15, 0.2) is 0 Å². The van der Waals surface area contributed by atoms with Gasteiger partial charge >= 0.3 is 11.9 Å². The average molecular weight is 773 g/mol. The number of aliphatic hydroxyl groups excluding tert-OH is 2. The number of aliphatic hydroxyl groups is 2. The van der Waals surface area contributed by atoms with Crippen molar-refractivity contribution < 1.29 is 53.5 Å². The highest BCUT2D eigenvalue weighted by atomic mass is 16.6. The van der Waals surface area contributed by atoms with Crippen molar-refractivity contribution in [1.82, 2.24) is 10.2 Å². The topological polar surface area (TPSA) is 241 Å². The van der Waals surface area contributed by atoms with E-state index in [2.05, 4.69) is 12.2 Å². The first-order valence-electron chi connectivity index (χ1n) is 20.3. The number of amides is 3. The average Bonchev–Trinajstić information content (AvgIpc) is 3.10. The van der Waals surface area contributed by atoms with Crippen molar-refractivity contribution in [2.24, 2.45) is 17.4 Å². The molecule has 15 nitrogen and oxygen atoms in total. The minimum Gasteiger partial charge on any atom is -0.481 e. The van der Waals surface area contributed by atoms with Gasteiger partial charge in [-0.15, -0.1) is 0 Å². The Morgan fingerprint density at radius 2 is 1.35 bits per heavy atom. The molecular formula is C39H72N4O11. The van der Waals surface area contributed by atoms with Crippen LogP contribution < -0.4 is 16.8 Å². The molecule has 0 radical (unpaired) electrons. The Balaban J connectivity index is 2.71. The van der Waals surface area contributed by atoms with Crippen LogP contribution >= 0.6 is 0 Å². The van der Waals surface area contributed by atoms with Gasteiger partial charge in [0.15, 0.2) is 6.29 Å². The molecule has 8 N–H and O–H groups in total. The largest absolute Gasteiger partial charge is 0.481 e. The molecule has 8 atom stereocenters. The highest BCUT2D eigenvalue weighted by Gasteiger charge is 2.47. The van der Waals surface area contributed by atoms with E-state index in [1.54, 1.807) is 13.8 Å². The second-order valence-electron chi connectivity index (χ2n) is 15.2. The molecule has 3 amide bonds. The molecule has 54 heavy (non-hydrogen) atoms. The number of nitrogens with two attached hydrogens (primary N) is 2. The van der Waals surface area contributed by atoms with Crippen molar-refractivity contribution in [3.63, 3.8) is 0 Å². The molecular weight excluding hydrogens is 700 g/mol. The van der Waals surface area contributed by atoms with Gasteiger partial charge in [-0.1, -0.05) is 111 Å². The van der Waals surface area contributed by atoms with Crippen LogP contribution in [0.1, 0.15) is 150 Å². The first kappa shape index (κ1) is 49.2. The molecule has 0 spiro atoms. The fourth-order valence-electron chi connectivity index (χ4n) is 6.66. The SMILES string of the molecule is CCCCCCCCCCCCCCCCCC(=O)OC[C@H]1O[C@H](O)[C@H](NC(C)=O)[C@@H](OC(C)CN(C(=O)[C@@H](N)C(C)C)[C@H](CCC(=O)O)C(N)=O)[C@@H]1O. The maximum absolute atomic E-state index is 13.4. The minimum atomic E-state index is -1.66. The summed E-state index contributed by atoms with van der Waals surface area (Å²) in [5, 5.41) is 33.9. The van der Waals surface area contributed by atoms with Gasteiger partial charge < -0.3 is 51.2 Å². The molecule has 15 heteroatoms. The molecule has 0 aromatic heterocycles. The Morgan fingerprint density at radius 3 is 1.81 bits per heavy atom. The zero-order valence-electron chi connectivity index (χ0n) is 33.5. The molecule has 1 rings (SSSR count). The van der Waals surface area contributed by atoms with Crippen LogP contribution in [-0.4, -0.2) is 112 Å². The third kappa shape index (κ3) is 19.7. The van der Waals surface area contributed by atoms with E-state index >= 15 is 0 Å². The number of carbonyl (C=O) groups is 5. The van der Waals surface area contributed by atoms with E-state index in [4.69, 9.17) is 25.7 Å². The van der Waals surface area contributed by atoms with E-state index in [0.717, 1.165) is 24.2 Å². The number of nitrogens with one attached hydrogen (secondary N) is 1. The summed E-state index contributed by atoms with van der Waals surface area (Å²) in [5.41, 5.74) is 11.7. The lowest BCUT2D eigenvalue weighted by Crippen LogP contribution is -2.66. The van der Waals surface area contributed by atoms with Gasteiger partial charge in [-0.3, -0.25) is 24.0 Å². The lowest BCUT2D eigenvalue weighted by Gasteiger charge is -2.44. The lowest BCUT2D eigenvalue weighted by atomic mass is 9.96. The van der Waals surface area contributed by atoms with Crippen LogP contribution in [0.25, 0.3) is 0 Å². The Hall–Kier alpha value is -2.85. The van der Waals surface area contributed by atoms with Crippen LogP contribution in [0.3, 0.4) is 0 Å². The van der Waals surface area contributed by atoms with E-state index in [-0.39, 0.29) is 31.9 Å². The summed E-state index contributed by atoms with van der Waals surface area (Å²) >= 11 is 0. The summed E-state index contributed by atoms with van der Waals surface area (Å²) in [5.74, 6) is -4.13. The van der Waals surface area contributed by atoms with Gasteiger partial charge in [0.25, 0.3) is 0 Å². The monoisotopic (exact) mass is 773 g/mol. The molecule has 1 aliphatic heterocycles. The normalized spacial score (nSPS) is 21.6. The predicted molar refractivity (Wildman–Crippen MR) is 204 cm³/mol. The minimum absolute atomic E-state index is 0.195. The van der Waals surface area contributed by atoms with Gasteiger partial charge in [0.05, 0.1) is 12.1 Å². The maximum Gasteiger partial charge on any atom is 0.305 e. The number of esters is 1. The Bertz CT molecular complexity index is 1110. The van der Waals surface area contributed by atoms with Gasteiger partial charge in [-0.05, 0) is 25.7 Å². The number of aliphatic carboxylic acids is 1. The third-order valence-corrected chi connectivity index (χ3v) is 9.92. The van der Waals surface area contributed by atoms with Gasteiger partial charge in [0.1, 0.15) is 37.0 Å². The Morgan fingerprint density at radius 1 is 0.833 bits per heavy atom. The molecule has 0 aromatic carbocycles. The van der Waals surface area contributed by atoms with Crippen molar-refractivity contribution >= 4 is 29.7 Å². The summed E-state index contributed by atoms with van der Waals surface area (Å²) in [7, 11) is 0. The number of carbonyl (C=O) groups excluding carboxylic acids is 4. The van der Waals surface area contributed by atoms with E-state index in [9.17, 15) is 39.3 Å². The fraction of sp³-hybridized carbons (Fsp3) is 0.872. The molecule has 0 aromatic rings. The number of carboxylic acid groups (broad SMARTS) is 1. The van der Waals surface area contributed by atoms with Crippen LogP contribution in [0.2, 0.25) is 0 Å². The zero-order valence-corrected chi connectivity index (χ0v) is 33.5. The van der Waals surface area contributed by atoms with Crippen LogP contribution in [0.4, 0.5) is 0 Å². The standard InChI is InChI=1S/C39H72N4O11/c1-6-7-8-9-10-11-12-13-14-15-16-17-18-19-20-21-32(47)52-25-30-35(48)36(34(39(51)54-30)42-28(5)44)53-27(4)24-43(38(50)33(40)26(2)3)29(37(41)49)22-23-31(45)46/h26-27,29-30,33-36,39,48,51H,6-25,40H2,1-5H3,(H2,41,49)(H,42,44)(H,45,46)/t27?,29-,30-,33+,34-,35-,36-,39+/m1/s1. The predicted octanol–water partition coefficient (Wildman–Crippen LogP) is 3.68. The highest BCUT2D eigenvalue weighted by molar-refractivity contribution is 5.89. The number of rotatable bonds is 30. The number of primary amides is 1. The van der Waals surface area contributed by atoms with Crippen LogP contribution in [-0.2, 0) is 38.2 Å².